The molecule has 1 N–H and O–H groups in total. The number of aromatic nitrogens is 4. The average Bonchev–Trinajstić information content (AvgIpc) is 2.82. The van der Waals surface area contributed by atoms with Crippen LogP contribution in [0.25, 0.3) is 11.0 Å². The van der Waals surface area contributed by atoms with Gasteiger partial charge in [-0.25, -0.2) is 4.98 Å². The third-order valence-corrected chi connectivity index (χ3v) is 3.86. The number of ether oxygens (including phenoxy) is 1. The van der Waals surface area contributed by atoms with Crippen molar-refractivity contribution in [3.8, 4) is 0 Å². The molecule has 2 aromatic rings. The Morgan fingerprint density at radius 2 is 2.38 bits per heavy atom. The van der Waals surface area contributed by atoms with Gasteiger partial charge in [0, 0.05) is 20.2 Å². The van der Waals surface area contributed by atoms with Gasteiger partial charge < -0.3 is 9.72 Å². The number of fused-ring (bicyclic) bond motifs is 1. The zero-order chi connectivity index (χ0) is 14.8. The fourth-order valence-electron chi connectivity index (χ4n) is 2.77. The SMILES string of the molecule is CN(Cc1nc2c(cnn2C)c(=O)[nH]1)CC1CCCCO1. The molecule has 0 spiro atoms. The van der Waals surface area contributed by atoms with Gasteiger partial charge in [-0.05, 0) is 26.3 Å². The van der Waals surface area contributed by atoms with Crippen LogP contribution in [-0.4, -0.2) is 51.0 Å². The number of H-pyrrole nitrogens is 1. The van der Waals surface area contributed by atoms with Crippen LogP contribution in [0.3, 0.4) is 0 Å². The third-order valence-electron chi connectivity index (χ3n) is 3.86. The maximum Gasteiger partial charge on any atom is 0.262 e. The van der Waals surface area contributed by atoms with Gasteiger partial charge in [0.15, 0.2) is 5.65 Å². The van der Waals surface area contributed by atoms with Crippen molar-refractivity contribution in [1.82, 2.24) is 24.6 Å². The zero-order valence-electron chi connectivity index (χ0n) is 12.5. The van der Waals surface area contributed by atoms with Gasteiger partial charge in [-0.1, -0.05) is 0 Å². The molecule has 1 aliphatic heterocycles. The van der Waals surface area contributed by atoms with E-state index in [2.05, 4.69) is 20.0 Å². The molecule has 3 heterocycles. The molecule has 2 aromatic heterocycles. The first kappa shape index (κ1) is 14.2. The lowest BCUT2D eigenvalue weighted by Crippen LogP contribution is -2.33. The van der Waals surface area contributed by atoms with E-state index in [1.807, 2.05) is 7.05 Å². The number of hydrogen-bond donors (Lipinski definition) is 1. The van der Waals surface area contributed by atoms with E-state index in [-0.39, 0.29) is 11.7 Å². The Kier molecular flexibility index (Phi) is 4.03. The summed E-state index contributed by atoms with van der Waals surface area (Å²) < 4.78 is 7.36. The summed E-state index contributed by atoms with van der Waals surface area (Å²) in [5, 5.41) is 4.60. The summed E-state index contributed by atoms with van der Waals surface area (Å²) in [5.41, 5.74) is 0.487. The lowest BCUT2D eigenvalue weighted by Gasteiger charge is -2.27. The Labute approximate surface area is 122 Å². The van der Waals surface area contributed by atoms with Crippen LogP contribution in [0.5, 0.6) is 0 Å². The lowest BCUT2D eigenvalue weighted by molar-refractivity contribution is -0.00291. The van der Waals surface area contributed by atoms with Crippen LogP contribution in [0.1, 0.15) is 25.1 Å². The minimum Gasteiger partial charge on any atom is -0.377 e. The first-order valence-electron chi connectivity index (χ1n) is 7.34. The molecule has 1 unspecified atom stereocenters. The summed E-state index contributed by atoms with van der Waals surface area (Å²) in [6, 6.07) is 0. The Hall–Kier alpha value is -1.73. The Balaban J connectivity index is 1.71. The molecule has 3 rings (SSSR count). The van der Waals surface area contributed by atoms with Crippen LogP contribution in [0.2, 0.25) is 0 Å². The number of rotatable bonds is 4. The number of nitrogens with one attached hydrogen (secondary N) is 1. The maximum absolute atomic E-state index is 12.0. The highest BCUT2D eigenvalue weighted by atomic mass is 16.5. The summed E-state index contributed by atoms with van der Waals surface area (Å²) in [7, 11) is 3.81. The highest BCUT2D eigenvalue weighted by Gasteiger charge is 2.17. The van der Waals surface area contributed by atoms with E-state index in [0.29, 0.717) is 23.4 Å². The van der Waals surface area contributed by atoms with Crippen molar-refractivity contribution in [3.05, 3.63) is 22.4 Å². The van der Waals surface area contributed by atoms with Crippen LogP contribution in [0.15, 0.2) is 11.0 Å². The summed E-state index contributed by atoms with van der Waals surface area (Å²) in [6.07, 6.45) is 5.33. The van der Waals surface area contributed by atoms with Gasteiger partial charge in [-0.15, -0.1) is 0 Å². The number of nitrogens with zero attached hydrogens (tertiary/aromatic N) is 4. The van der Waals surface area contributed by atoms with Gasteiger partial charge in [-0.2, -0.15) is 5.10 Å². The number of likely N-dealkylation sites (N-methyl/N-ethyl adjacent to an activating group) is 1. The van der Waals surface area contributed by atoms with Crippen LogP contribution in [0, 0.1) is 0 Å². The van der Waals surface area contributed by atoms with Gasteiger partial charge >= 0.3 is 0 Å². The van der Waals surface area contributed by atoms with Gasteiger partial charge in [0.2, 0.25) is 0 Å². The van der Waals surface area contributed by atoms with E-state index in [9.17, 15) is 4.79 Å². The second-order valence-corrected chi connectivity index (χ2v) is 5.70. The second-order valence-electron chi connectivity index (χ2n) is 5.70. The third kappa shape index (κ3) is 3.14. The van der Waals surface area contributed by atoms with E-state index < -0.39 is 0 Å². The fraction of sp³-hybridized carbons (Fsp3) is 0.643. The zero-order valence-corrected chi connectivity index (χ0v) is 12.5. The molecule has 1 saturated heterocycles. The molecular weight excluding hydrogens is 270 g/mol. The molecule has 21 heavy (non-hydrogen) atoms. The van der Waals surface area contributed by atoms with E-state index in [1.165, 1.54) is 6.42 Å². The molecule has 1 fully saturated rings. The van der Waals surface area contributed by atoms with Crippen molar-refractivity contribution < 1.29 is 4.74 Å². The molecule has 114 valence electrons. The summed E-state index contributed by atoms with van der Waals surface area (Å²) in [5.74, 6) is 0.661. The van der Waals surface area contributed by atoms with Crippen molar-refractivity contribution in [2.24, 2.45) is 7.05 Å². The standard InChI is InChI=1S/C14H21N5O2/c1-18(8-10-5-3-4-6-21-10)9-12-16-13-11(14(20)17-12)7-15-19(13)2/h7,10H,3-6,8-9H2,1-2H3,(H,16,17,20). The number of hydrogen-bond acceptors (Lipinski definition) is 5. The van der Waals surface area contributed by atoms with Crippen molar-refractivity contribution >= 4 is 11.0 Å². The van der Waals surface area contributed by atoms with Crippen molar-refractivity contribution in [1.29, 1.82) is 0 Å². The molecular formula is C14H21N5O2. The van der Waals surface area contributed by atoms with Crippen molar-refractivity contribution in [2.75, 3.05) is 20.2 Å². The fourth-order valence-corrected chi connectivity index (χ4v) is 2.77. The highest BCUT2D eigenvalue weighted by Crippen LogP contribution is 2.14. The molecule has 0 saturated carbocycles. The average molecular weight is 291 g/mol. The van der Waals surface area contributed by atoms with E-state index in [4.69, 9.17) is 4.74 Å². The Morgan fingerprint density at radius 3 is 3.14 bits per heavy atom. The molecule has 0 radical (unpaired) electrons. The summed E-state index contributed by atoms with van der Waals surface area (Å²) in [4.78, 5) is 21.4. The molecule has 1 aliphatic rings. The van der Waals surface area contributed by atoms with E-state index >= 15 is 0 Å². The topological polar surface area (TPSA) is 76.0 Å². The number of aryl methyl sites for hydroxylation is 1. The van der Waals surface area contributed by atoms with E-state index in [1.54, 1.807) is 17.9 Å². The van der Waals surface area contributed by atoms with E-state index in [0.717, 1.165) is 26.0 Å². The monoisotopic (exact) mass is 291 g/mol. The molecule has 7 heteroatoms. The van der Waals surface area contributed by atoms with Gasteiger partial charge in [0.1, 0.15) is 11.2 Å². The molecule has 0 aromatic carbocycles. The minimum atomic E-state index is -0.134. The maximum atomic E-state index is 12.0. The molecule has 0 bridgehead atoms. The summed E-state index contributed by atoms with van der Waals surface area (Å²) >= 11 is 0. The highest BCUT2D eigenvalue weighted by molar-refractivity contribution is 5.72. The summed E-state index contributed by atoms with van der Waals surface area (Å²) in [6.45, 7) is 2.30. The van der Waals surface area contributed by atoms with Crippen molar-refractivity contribution in [3.63, 3.8) is 0 Å². The van der Waals surface area contributed by atoms with Crippen LogP contribution >= 0.6 is 0 Å². The molecule has 0 amide bonds. The normalized spacial score (nSPS) is 19.5. The number of aromatic amines is 1. The molecule has 7 nitrogen and oxygen atoms in total. The van der Waals surface area contributed by atoms with Gasteiger partial charge in [0.05, 0.1) is 18.8 Å². The first-order valence-corrected chi connectivity index (χ1v) is 7.34. The van der Waals surface area contributed by atoms with Gasteiger partial charge in [-0.3, -0.25) is 14.4 Å². The quantitative estimate of drug-likeness (QED) is 0.895. The van der Waals surface area contributed by atoms with Crippen LogP contribution in [0.4, 0.5) is 0 Å². The second kappa shape index (κ2) is 5.95. The first-order chi connectivity index (χ1) is 10.1. The van der Waals surface area contributed by atoms with Crippen LogP contribution in [-0.2, 0) is 18.3 Å². The van der Waals surface area contributed by atoms with Gasteiger partial charge in [0.25, 0.3) is 5.56 Å². The minimum absolute atomic E-state index is 0.134. The predicted octanol–water partition coefficient (Wildman–Crippen LogP) is 0.657. The Morgan fingerprint density at radius 1 is 1.52 bits per heavy atom. The van der Waals surface area contributed by atoms with Crippen LogP contribution < -0.4 is 5.56 Å². The Bertz CT molecular complexity index is 672. The smallest absolute Gasteiger partial charge is 0.262 e. The molecule has 0 aliphatic carbocycles. The largest absolute Gasteiger partial charge is 0.377 e. The predicted molar refractivity (Wildman–Crippen MR) is 79.1 cm³/mol. The molecule has 1 atom stereocenters. The van der Waals surface area contributed by atoms with Crippen molar-refractivity contribution in [2.45, 2.75) is 31.9 Å². The lowest BCUT2D eigenvalue weighted by atomic mass is 10.1.